The number of hydrogen-bond acceptors (Lipinski definition) is 1. The van der Waals surface area contributed by atoms with Crippen molar-refractivity contribution in [3.63, 3.8) is 0 Å². The first-order chi connectivity index (χ1) is 8.54. The maximum atomic E-state index is 3.83. The first-order valence-electron chi connectivity index (χ1n) is 7.31. The molecular weight excluding hydrogens is 218 g/mol. The minimum absolute atomic E-state index is 0.493. The van der Waals surface area contributed by atoms with E-state index >= 15 is 0 Å². The van der Waals surface area contributed by atoms with E-state index in [1.807, 2.05) is 0 Å². The fourth-order valence-corrected chi connectivity index (χ4v) is 4.35. The lowest BCUT2D eigenvalue weighted by Gasteiger charge is -2.39. The van der Waals surface area contributed by atoms with Gasteiger partial charge in [-0.05, 0) is 41.6 Å². The molecule has 0 spiro atoms. The van der Waals surface area contributed by atoms with Gasteiger partial charge in [0.1, 0.15) is 0 Å². The van der Waals surface area contributed by atoms with Crippen molar-refractivity contribution in [1.82, 2.24) is 5.32 Å². The van der Waals surface area contributed by atoms with Gasteiger partial charge in [0.05, 0.1) is 0 Å². The molecule has 1 aromatic rings. The first-order valence-corrected chi connectivity index (χ1v) is 7.31. The van der Waals surface area contributed by atoms with Crippen molar-refractivity contribution < 1.29 is 0 Å². The molecule has 0 unspecified atom stereocenters. The van der Waals surface area contributed by atoms with Crippen LogP contribution in [-0.2, 0) is 6.54 Å². The molecule has 1 aromatic carbocycles. The Morgan fingerprint density at radius 3 is 2.44 bits per heavy atom. The normalized spacial score (nSPS) is 37.1. The summed E-state index contributed by atoms with van der Waals surface area (Å²) in [5.41, 5.74) is 2.41. The summed E-state index contributed by atoms with van der Waals surface area (Å²) < 4.78 is 0. The summed E-state index contributed by atoms with van der Waals surface area (Å²) in [6.45, 7) is 8.48. The van der Waals surface area contributed by atoms with Gasteiger partial charge in [-0.25, -0.2) is 0 Å². The van der Waals surface area contributed by atoms with E-state index in [2.05, 4.69) is 56.4 Å². The van der Waals surface area contributed by atoms with Crippen LogP contribution >= 0.6 is 0 Å². The molecule has 0 aromatic heterocycles. The Morgan fingerprint density at radius 2 is 1.89 bits per heavy atom. The molecule has 98 valence electrons. The second kappa shape index (κ2) is 4.09. The van der Waals surface area contributed by atoms with Crippen LogP contribution in [0.4, 0.5) is 0 Å². The van der Waals surface area contributed by atoms with Gasteiger partial charge in [-0.1, -0.05) is 51.1 Å². The topological polar surface area (TPSA) is 12.0 Å². The highest BCUT2D eigenvalue weighted by Gasteiger charge is 2.60. The van der Waals surface area contributed by atoms with Gasteiger partial charge in [-0.15, -0.1) is 0 Å². The quantitative estimate of drug-likeness (QED) is 0.846. The summed E-state index contributed by atoms with van der Waals surface area (Å²) in [6, 6.07) is 11.5. The molecule has 1 nitrogen and oxygen atoms in total. The molecule has 1 N–H and O–H groups in total. The van der Waals surface area contributed by atoms with Gasteiger partial charge in [0.25, 0.3) is 0 Å². The van der Waals surface area contributed by atoms with Crippen molar-refractivity contribution in [2.75, 3.05) is 0 Å². The molecule has 0 radical (unpaired) electrons. The first kappa shape index (κ1) is 12.2. The van der Waals surface area contributed by atoms with Crippen molar-refractivity contribution in [1.29, 1.82) is 0 Å². The van der Waals surface area contributed by atoms with Crippen LogP contribution in [0.2, 0.25) is 0 Å². The third-order valence-corrected chi connectivity index (χ3v) is 6.19. The molecular formula is C17H25N. The zero-order chi connectivity index (χ0) is 12.8. The van der Waals surface area contributed by atoms with Crippen LogP contribution in [0.15, 0.2) is 30.3 Å². The predicted octanol–water partition coefficient (Wildman–Crippen LogP) is 3.99. The summed E-state index contributed by atoms with van der Waals surface area (Å²) in [4.78, 5) is 0. The fraction of sp³-hybridized carbons (Fsp3) is 0.647. The van der Waals surface area contributed by atoms with Crippen LogP contribution < -0.4 is 5.32 Å². The van der Waals surface area contributed by atoms with Gasteiger partial charge >= 0.3 is 0 Å². The van der Waals surface area contributed by atoms with E-state index in [1.54, 1.807) is 0 Å². The highest BCUT2D eigenvalue weighted by atomic mass is 15.0. The minimum atomic E-state index is 0.493. The van der Waals surface area contributed by atoms with E-state index in [1.165, 1.54) is 24.8 Å². The Labute approximate surface area is 111 Å². The van der Waals surface area contributed by atoms with E-state index in [0.29, 0.717) is 16.9 Å². The highest BCUT2D eigenvalue weighted by Crippen LogP contribution is 2.65. The molecule has 2 aliphatic carbocycles. The van der Waals surface area contributed by atoms with Crippen LogP contribution in [0.1, 0.15) is 45.6 Å². The average Bonchev–Trinajstić information content (AvgIpc) is 2.70. The smallest absolute Gasteiger partial charge is 0.0208 e. The molecule has 2 fully saturated rings. The number of fused-ring (bicyclic) bond motifs is 2. The molecule has 0 saturated heterocycles. The number of rotatable bonds is 3. The molecule has 0 aliphatic heterocycles. The van der Waals surface area contributed by atoms with E-state index in [-0.39, 0.29) is 0 Å². The van der Waals surface area contributed by atoms with E-state index in [4.69, 9.17) is 0 Å². The van der Waals surface area contributed by atoms with Gasteiger partial charge in [-0.3, -0.25) is 0 Å². The monoisotopic (exact) mass is 243 g/mol. The van der Waals surface area contributed by atoms with Crippen LogP contribution in [0, 0.1) is 16.7 Å². The second-order valence-electron chi connectivity index (χ2n) is 7.03. The van der Waals surface area contributed by atoms with E-state index < -0.39 is 0 Å². The Kier molecular flexibility index (Phi) is 2.78. The van der Waals surface area contributed by atoms with Gasteiger partial charge < -0.3 is 5.32 Å². The molecule has 2 aliphatic rings. The summed E-state index contributed by atoms with van der Waals surface area (Å²) in [5.74, 6) is 0.927. The van der Waals surface area contributed by atoms with Crippen LogP contribution in [0.5, 0.6) is 0 Å². The average molecular weight is 243 g/mol. The fourth-order valence-electron chi connectivity index (χ4n) is 4.35. The summed E-state index contributed by atoms with van der Waals surface area (Å²) in [6.07, 6.45) is 4.21. The number of hydrogen-bond donors (Lipinski definition) is 1. The largest absolute Gasteiger partial charge is 0.309 e. The van der Waals surface area contributed by atoms with Crippen LogP contribution in [-0.4, -0.2) is 6.04 Å². The Morgan fingerprint density at radius 1 is 1.17 bits per heavy atom. The molecule has 18 heavy (non-hydrogen) atoms. The van der Waals surface area contributed by atoms with Crippen LogP contribution in [0.25, 0.3) is 0 Å². The zero-order valence-corrected chi connectivity index (χ0v) is 11.9. The molecule has 3 atom stereocenters. The summed E-state index contributed by atoms with van der Waals surface area (Å²) in [7, 11) is 0. The summed E-state index contributed by atoms with van der Waals surface area (Å²) >= 11 is 0. The molecule has 2 saturated carbocycles. The van der Waals surface area contributed by atoms with Gasteiger partial charge in [0.2, 0.25) is 0 Å². The van der Waals surface area contributed by atoms with E-state index in [9.17, 15) is 0 Å². The molecule has 0 heterocycles. The van der Waals surface area contributed by atoms with Crippen LogP contribution in [0.3, 0.4) is 0 Å². The van der Waals surface area contributed by atoms with Crippen molar-refractivity contribution in [2.24, 2.45) is 16.7 Å². The van der Waals surface area contributed by atoms with Crippen molar-refractivity contribution >= 4 is 0 Å². The standard InChI is InChI=1S/C17H25N/c1-16(2)14-9-10-17(16,3)15(11-14)18-12-13-7-5-4-6-8-13/h4-8,14-15,18H,9-12H2,1-3H3/t14-,15+,17-/m0/s1. The third-order valence-electron chi connectivity index (χ3n) is 6.19. The molecule has 1 heteroatoms. The Hall–Kier alpha value is -0.820. The highest BCUT2D eigenvalue weighted by molar-refractivity contribution is 5.17. The molecule has 3 rings (SSSR count). The molecule has 0 amide bonds. The van der Waals surface area contributed by atoms with Gasteiger partial charge in [0, 0.05) is 12.6 Å². The lowest BCUT2D eigenvalue weighted by atomic mass is 9.69. The third kappa shape index (κ3) is 1.64. The minimum Gasteiger partial charge on any atom is -0.309 e. The second-order valence-corrected chi connectivity index (χ2v) is 7.03. The van der Waals surface area contributed by atoms with Gasteiger partial charge in [-0.2, -0.15) is 0 Å². The number of benzene rings is 1. The van der Waals surface area contributed by atoms with Gasteiger partial charge in [0.15, 0.2) is 0 Å². The maximum absolute atomic E-state index is 3.83. The maximum Gasteiger partial charge on any atom is 0.0208 e. The van der Waals surface area contributed by atoms with Crippen molar-refractivity contribution in [3.05, 3.63) is 35.9 Å². The Balaban J connectivity index is 1.69. The van der Waals surface area contributed by atoms with Crippen molar-refractivity contribution in [3.8, 4) is 0 Å². The van der Waals surface area contributed by atoms with Crippen molar-refractivity contribution in [2.45, 2.75) is 52.6 Å². The summed E-state index contributed by atoms with van der Waals surface area (Å²) in [5, 5.41) is 3.83. The molecule has 2 bridgehead atoms. The SMILES string of the molecule is CC1(C)[C@H]2CC[C@@]1(C)[C@H](NCc1ccccc1)C2. The zero-order valence-electron chi connectivity index (χ0n) is 11.9. The Bertz CT molecular complexity index is 422. The lowest BCUT2D eigenvalue weighted by molar-refractivity contribution is 0.120. The lowest BCUT2D eigenvalue weighted by Crippen LogP contribution is -2.44. The van der Waals surface area contributed by atoms with E-state index in [0.717, 1.165) is 12.5 Å². The number of nitrogens with one attached hydrogen (secondary N) is 1. The predicted molar refractivity (Wildman–Crippen MR) is 76.3 cm³/mol.